The van der Waals surface area contributed by atoms with E-state index < -0.39 is 12.0 Å². The third kappa shape index (κ3) is 5.03. The zero-order valence-electron chi connectivity index (χ0n) is 11.6. The molecule has 108 valence electrons. The summed E-state index contributed by atoms with van der Waals surface area (Å²) in [5, 5.41) is 11.7. The number of carboxylic acids is 1. The molecule has 1 heterocycles. The molecule has 5 nitrogen and oxygen atoms in total. The van der Waals surface area contributed by atoms with Crippen molar-refractivity contribution in [1.29, 1.82) is 0 Å². The number of nitrogens with one attached hydrogen (secondary N) is 1. The van der Waals surface area contributed by atoms with E-state index in [0.29, 0.717) is 19.6 Å². The van der Waals surface area contributed by atoms with Crippen molar-refractivity contribution in [1.82, 2.24) is 5.32 Å². The zero-order chi connectivity index (χ0) is 14.3. The fraction of sp³-hybridized carbons (Fsp3) is 0.714. The molecule has 2 N–H and O–H groups in total. The number of amides is 1. The summed E-state index contributed by atoms with van der Waals surface area (Å²) in [6.45, 7) is 5.05. The van der Waals surface area contributed by atoms with Gasteiger partial charge in [0.15, 0.2) is 0 Å². The highest BCUT2D eigenvalue weighted by Gasteiger charge is 2.28. The van der Waals surface area contributed by atoms with E-state index >= 15 is 0 Å². The minimum Gasteiger partial charge on any atom is -0.480 e. The normalized spacial score (nSPS) is 20.1. The summed E-state index contributed by atoms with van der Waals surface area (Å²) in [5.74, 6) is -1.06. The molecule has 0 radical (unpaired) electrons. The van der Waals surface area contributed by atoms with Crippen LogP contribution in [-0.2, 0) is 14.3 Å². The average molecular weight is 269 g/mol. The van der Waals surface area contributed by atoms with Crippen molar-refractivity contribution in [2.45, 2.75) is 39.2 Å². The molecular formula is C14H23NO4. The molecule has 19 heavy (non-hydrogen) atoms. The Morgan fingerprint density at radius 2 is 2.05 bits per heavy atom. The number of carbonyl (C=O) groups excluding carboxylic acids is 1. The van der Waals surface area contributed by atoms with Crippen LogP contribution in [0.1, 0.15) is 33.1 Å². The van der Waals surface area contributed by atoms with Gasteiger partial charge >= 0.3 is 5.97 Å². The van der Waals surface area contributed by atoms with E-state index in [1.165, 1.54) is 0 Å². The Morgan fingerprint density at radius 3 is 2.58 bits per heavy atom. The van der Waals surface area contributed by atoms with E-state index in [2.05, 4.69) is 5.32 Å². The second-order valence-electron chi connectivity index (χ2n) is 4.94. The van der Waals surface area contributed by atoms with E-state index in [9.17, 15) is 9.59 Å². The predicted octanol–water partition coefficient (Wildman–Crippen LogP) is 1.58. The Balaban J connectivity index is 2.52. The van der Waals surface area contributed by atoms with Crippen LogP contribution in [0.4, 0.5) is 0 Å². The van der Waals surface area contributed by atoms with Gasteiger partial charge in [0.2, 0.25) is 5.91 Å². The molecular weight excluding hydrogens is 246 g/mol. The minimum absolute atomic E-state index is 0.170. The smallest absolute Gasteiger partial charge is 0.326 e. The van der Waals surface area contributed by atoms with Crippen molar-refractivity contribution in [3.8, 4) is 0 Å². The predicted molar refractivity (Wildman–Crippen MR) is 71.7 cm³/mol. The van der Waals surface area contributed by atoms with Crippen molar-refractivity contribution in [3.05, 3.63) is 12.2 Å². The highest BCUT2D eigenvalue weighted by molar-refractivity contribution is 5.85. The maximum atomic E-state index is 12.1. The standard InChI is InChI=1S/C14H23NO4/c1-3-4-5-12(14(17)18)15-13(16)10(2)11-6-8-19-9-7-11/h3-4,10-12H,5-9H2,1-2H3,(H,15,16)(H,17,18)/b4-3+. The van der Waals surface area contributed by atoms with Crippen molar-refractivity contribution < 1.29 is 19.4 Å². The lowest BCUT2D eigenvalue weighted by Gasteiger charge is -2.27. The summed E-state index contributed by atoms with van der Waals surface area (Å²) in [5.41, 5.74) is 0. The molecule has 0 aromatic heterocycles. The molecule has 1 aliphatic rings. The van der Waals surface area contributed by atoms with E-state index in [4.69, 9.17) is 9.84 Å². The molecule has 2 unspecified atom stereocenters. The van der Waals surface area contributed by atoms with Gasteiger partial charge in [-0.25, -0.2) is 4.79 Å². The quantitative estimate of drug-likeness (QED) is 0.718. The van der Waals surface area contributed by atoms with Crippen LogP contribution >= 0.6 is 0 Å². The number of aliphatic carboxylic acids is 1. The van der Waals surface area contributed by atoms with Crippen LogP contribution in [-0.4, -0.2) is 36.2 Å². The lowest BCUT2D eigenvalue weighted by Crippen LogP contribution is -2.44. The Bertz CT molecular complexity index is 334. The van der Waals surface area contributed by atoms with Crippen molar-refractivity contribution in [2.75, 3.05) is 13.2 Å². The van der Waals surface area contributed by atoms with Gasteiger partial charge in [0.1, 0.15) is 6.04 Å². The topological polar surface area (TPSA) is 75.6 Å². The van der Waals surface area contributed by atoms with Gasteiger partial charge in [-0.2, -0.15) is 0 Å². The van der Waals surface area contributed by atoms with Gasteiger partial charge in [0.25, 0.3) is 0 Å². The van der Waals surface area contributed by atoms with Gasteiger partial charge in [-0.05, 0) is 32.1 Å². The molecule has 0 bridgehead atoms. The monoisotopic (exact) mass is 269 g/mol. The Kier molecular flexibility index (Phi) is 6.56. The Hall–Kier alpha value is -1.36. The number of carbonyl (C=O) groups is 2. The molecule has 1 saturated heterocycles. The third-order valence-electron chi connectivity index (χ3n) is 3.61. The molecule has 0 spiro atoms. The summed E-state index contributed by atoms with van der Waals surface area (Å²) in [4.78, 5) is 23.2. The van der Waals surface area contributed by atoms with Gasteiger partial charge < -0.3 is 15.2 Å². The first kappa shape index (κ1) is 15.7. The summed E-state index contributed by atoms with van der Waals surface area (Å²) in [6, 6.07) is -0.842. The number of allylic oxidation sites excluding steroid dienone is 1. The summed E-state index contributed by atoms with van der Waals surface area (Å²) < 4.78 is 5.27. The Morgan fingerprint density at radius 1 is 1.42 bits per heavy atom. The van der Waals surface area contributed by atoms with Crippen LogP contribution in [0.25, 0.3) is 0 Å². The van der Waals surface area contributed by atoms with Crippen LogP contribution in [0.15, 0.2) is 12.2 Å². The third-order valence-corrected chi connectivity index (χ3v) is 3.61. The number of ether oxygens (including phenoxy) is 1. The first-order valence-electron chi connectivity index (χ1n) is 6.78. The zero-order valence-corrected chi connectivity index (χ0v) is 11.6. The molecule has 2 atom stereocenters. The lowest BCUT2D eigenvalue weighted by molar-refractivity contribution is -0.142. The van der Waals surface area contributed by atoms with E-state index in [1.54, 1.807) is 12.2 Å². The fourth-order valence-electron chi connectivity index (χ4n) is 2.23. The van der Waals surface area contributed by atoms with Crippen LogP contribution in [0.5, 0.6) is 0 Å². The number of hydrogen-bond donors (Lipinski definition) is 2. The summed E-state index contributed by atoms with van der Waals surface area (Å²) in [7, 11) is 0. The molecule has 1 fully saturated rings. The van der Waals surface area contributed by atoms with Gasteiger partial charge in [0, 0.05) is 19.1 Å². The lowest BCUT2D eigenvalue weighted by atomic mass is 9.86. The van der Waals surface area contributed by atoms with E-state index in [0.717, 1.165) is 12.8 Å². The molecule has 5 heteroatoms. The first-order chi connectivity index (χ1) is 9.06. The molecule has 0 aromatic rings. The SMILES string of the molecule is C/C=C/CC(NC(=O)C(C)C1CCOCC1)C(=O)O. The van der Waals surface area contributed by atoms with Gasteiger partial charge in [0.05, 0.1) is 0 Å². The summed E-state index contributed by atoms with van der Waals surface area (Å²) >= 11 is 0. The van der Waals surface area contributed by atoms with Crippen LogP contribution in [0, 0.1) is 11.8 Å². The van der Waals surface area contributed by atoms with Crippen molar-refractivity contribution in [2.24, 2.45) is 11.8 Å². The van der Waals surface area contributed by atoms with E-state index in [-0.39, 0.29) is 17.7 Å². The molecule has 1 rings (SSSR count). The molecule has 0 aliphatic carbocycles. The molecule has 0 saturated carbocycles. The van der Waals surface area contributed by atoms with Crippen LogP contribution < -0.4 is 5.32 Å². The highest BCUT2D eigenvalue weighted by Crippen LogP contribution is 2.23. The molecule has 1 amide bonds. The molecule has 0 aromatic carbocycles. The number of hydrogen-bond acceptors (Lipinski definition) is 3. The van der Waals surface area contributed by atoms with Gasteiger partial charge in [-0.1, -0.05) is 19.1 Å². The number of rotatable bonds is 6. The highest BCUT2D eigenvalue weighted by atomic mass is 16.5. The Labute approximate surface area is 114 Å². The first-order valence-corrected chi connectivity index (χ1v) is 6.78. The van der Waals surface area contributed by atoms with Crippen molar-refractivity contribution >= 4 is 11.9 Å². The number of carboxylic acid groups (broad SMARTS) is 1. The van der Waals surface area contributed by atoms with Crippen molar-refractivity contribution in [3.63, 3.8) is 0 Å². The maximum Gasteiger partial charge on any atom is 0.326 e. The summed E-state index contributed by atoms with van der Waals surface area (Å²) in [6.07, 6.45) is 5.57. The molecule has 1 aliphatic heterocycles. The second-order valence-corrected chi connectivity index (χ2v) is 4.94. The average Bonchev–Trinajstić information content (AvgIpc) is 2.43. The minimum atomic E-state index is -0.995. The fourth-order valence-corrected chi connectivity index (χ4v) is 2.23. The largest absolute Gasteiger partial charge is 0.480 e. The van der Waals surface area contributed by atoms with Crippen LogP contribution in [0.2, 0.25) is 0 Å². The second kappa shape index (κ2) is 7.94. The van der Waals surface area contributed by atoms with Gasteiger partial charge in [-0.15, -0.1) is 0 Å². The van der Waals surface area contributed by atoms with E-state index in [1.807, 2.05) is 13.8 Å². The van der Waals surface area contributed by atoms with Gasteiger partial charge in [-0.3, -0.25) is 4.79 Å². The van der Waals surface area contributed by atoms with Crippen LogP contribution in [0.3, 0.4) is 0 Å². The maximum absolute atomic E-state index is 12.1.